The maximum Gasteiger partial charge on any atom is 0.0698 e. The standard InChI is InChI=1S/C21H34N2O2/c1-2-22-17-20(19-6-4-3-5-7-19)16-21(18-22)8-10-23(11-9-21)12-14-25-15-13-24/h3-7,20,24H,2,8-18H2,1H3/t20-/m1/s1. The summed E-state index contributed by atoms with van der Waals surface area (Å²) in [7, 11) is 0. The zero-order valence-electron chi connectivity index (χ0n) is 15.7. The Balaban J connectivity index is 1.57. The fraction of sp³-hybridized carbons (Fsp3) is 0.714. The molecule has 0 radical (unpaired) electrons. The van der Waals surface area contributed by atoms with Gasteiger partial charge in [0, 0.05) is 19.6 Å². The first-order chi connectivity index (χ1) is 12.2. The number of aliphatic hydroxyl groups excluding tert-OH is 1. The van der Waals surface area contributed by atoms with Crippen LogP contribution in [0.5, 0.6) is 0 Å². The molecule has 0 saturated carbocycles. The van der Waals surface area contributed by atoms with Gasteiger partial charge in [-0.25, -0.2) is 0 Å². The SMILES string of the molecule is CCN1C[C@H](c2ccccc2)CC2(CCN(CCOCCO)CC2)C1. The Bertz CT molecular complexity index is 500. The molecule has 2 fully saturated rings. The number of ether oxygens (including phenoxy) is 1. The second kappa shape index (κ2) is 9.13. The Labute approximate surface area is 152 Å². The van der Waals surface area contributed by atoms with Crippen LogP contribution < -0.4 is 0 Å². The summed E-state index contributed by atoms with van der Waals surface area (Å²) in [4.78, 5) is 5.20. The van der Waals surface area contributed by atoms with Crippen LogP contribution in [0, 0.1) is 5.41 Å². The van der Waals surface area contributed by atoms with Crippen molar-refractivity contribution in [2.24, 2.45) is 5.41 Å². The van der Waals surface area contributed by atoms with Crippen LogP contribution in [0.3, 0.4) is 0 Å². The number of piperidine rings is 2. The van der Waals surface area contributed by atoms with Crippen molar-refractivity contribution in [1.29, 1.82) is 0 Å². The summed E-state index contributed by atoms with van der Waals surface area (Å²) in [5.74, 6) is 0.675. The van der Waals surface area contributed by atoms with Crippen molar-refractivity contribution in [3.05, 3.63) is 35.9 Å². The van der Waals surface area contributed by atoms with Crippen molar-refractivity contribution in [1.82, 2.24) is 9.80 Å². The van der Waals surface area contributed by atoms with E-state index in [0.29, 0.717) is 17.9 Å². The molecular weight excluding hydrogens is 312 g/mol. The zero-order valence-corrected chi connectivity index (χ0v) is 15.7. The summed E-state index contributed by atoms with van der Waals surface area (Å²) in [6, 6.07) is 11.1. The molecule has 1 aromatic carbocycles. The Morgan fingerprint density at radius 3 is 2.56 bits per heavy atom. The highest BCUT2D eigenvalue weighted by Gasteiger charge is 2.41. The minimum atomic E-state index is 0.122. The van der Waals surface area contributed by atoms with E-state index in [2.05, 4.69) is 47.1 Å². The second-order valence-electron chi connectivity index (χ2n) is 7.82. The lowest BCUT2D eigenvalue weighted by molar-refractivity contribution is 0.00474. The molecule has 0 bridgehead atoms. The Hall–Kier alpha value is -0.940. The van der Waals surface area contributed by atoms with Crippen LogP contribution in [0.1, 0.15) is 37.7 Å². The maximum atomic E-state index is 8.79. The maximum absolute atomic E-state index is 8.79. The van der Waals surface area contributed by atoms with Gasteiger partial charge in [-0.15, -0.1) is 0 Å². The first kappa shape index (κ1) is 18.8. The van der Waals surface area contributed by atoms with Crippen LogP contribution in [0.15, 0.2) is 30.3 Å². The quantitative estimate of drug-likeness (QED) is 0.770. The number of hydrogen-bond donors (Lipinski definition) is 1. The van der Waals surface area contributed by atoms with Gasteiger partial charge in [-0.3, -0.25) is 0 Å². The van der Waals surface area contributed by atoms with Gasteiger partial charge in [0.2, 0.25) is 0 Å². The molecule has 0 aliphatic carbocycles. The van der Waals surface area contributed by atoms with Gasteiger partial charge in [0.25, 0.3) is 0 Å². The van der Waals surface area contributed by atoms with E-state index >= 15 is 0 Å². The van der Waals surface area contributed by atoms with E-state index < -0.39 is 0 Å². The van der Waals surface area contributed by atoms with Gasteiger partial charge in [0.1, 0.15) is 0 Å². The van der Waals surface area contributed by atoms with E-state index in [1.54, 1.807) is 0 Å². The molecule has 1 spiro atoms. The first-order valence-electron chi connectivity index (χ1n) is 9.93. The summed E-state index contributed by atoms with van der Waals surface area (Å²) in [5.41, 5.74) is 2.00. The Morgan fingerprint density at radius 2 is 1.88 bits per heavy atom. The van der Waals surface area contributed by atoms with E-state index in [-0.39, 0.29) is 6.61 Å². The van der Waals surface area contributed by atoms with Gasteiger partial charge >= 0.3 is 0 Å². The van der Waals surface area contributed by atoms with Crippen LogP contribution in [-0.4, -0.2) is 74.0 Å². The molecule has 4 heteroatoms. The Morgan fingerprint density at radius 1 is 1.12 bits per heavy atom. The zero-order chi connectivity index (χ0) is 17.5. The van der Waals surface area contributed by atoms with E-state index in [9.17, 15) is 0 Å². The molecule has 0 amide bonds. The minimum Gasteiger partial charge on any atom is -0.394 e. The summed E-state index contributed by atoms with van der Waals surface area (Å²) in [6.45, 7) is 10.6. The molecule has 0 unspecified atom stereocenters. The molecule has 2 heterocycles. The third-order valence-electron chi connectivity index (χ3n) is 6.14. The molecule has 1 aromatic rings. The first-order valence-corrected chi connectivity index (χ1v) is 9.93. The number of rotatable bonds is 7. The van der Waals surface area contributed by atoms with Crippen molar-refractivity contribution >= 4 is 0 Å². The van der Waals surface area contributed by atoms with Gasteiger partial charge < -0.3 is 19.6 Å². The van der Waals surface area contributed by atoms with Crippen molar-refractivity contribution in [3.8, 4) is 0 Å². The number of hydrogen-bond acceptors (Lipinski definition) is 4. The van der Waals surface area contributed by atoms with E-state index in [1.165, 1.54) is 51.0 Å². The molecule has 1 N–H and O–H groups in total. The molecule has 3 rings (SSSR count). The van der Waals surface area contributed by atoms with Gasteiger partial charge in [0.05, 0.1) is 19.8 Å². The topological polar surface area (TPSA) is 35.9 Å². The van der Waals surface area contributed by atoms with Crippen molar-refractivity contribution in [2.75, 3.05) is 59.1 Å². The smallest absolute Gasteiger partial charge is 0.0698 e. The highest BCUT2D eigenvalue weighted by molar-refractivity contribution is 5.21. The average molecular weight is 347 g/mol. The molecule has 140 valence electrons. The molecule has 0 aromatic heterocycles. The fourth-order valence-corrected chi connectivity index (χ4v) is 4.67. The van der Waals surface area contributed by atoms with Gasteiger partial charge in [-0.1, -0.05) is 37.3 Å². The van der Waals surface area contributed by atoms with Crippen LogP contribution in [0.25, 0.3) is 0 Å². The molecule has 2 aliphatic heterocycles. The highest BCUT2D eigenvalue weighted by atomic mass is 16.5. The summed E-state index contributed by atoms with van der Waals surface area (Å²) in [5, 5.41) is 8.79. The van der Waals surface area contributed by atoms with E-state index in [4.69, 9.17) is 9.84 Å². The van der Waals surface area contributed by atoms with Crippen molar-refractivity contribution in [3.63, 3.8) is 0 Å². The number of likely N-dealkylation sites (tertiary alicyclic amines) is 2. The van der Waals surface area contributed by atoms with Gasteiger partial charge in [-0.2, -0.15) is 0 Å². The summed E-state index contributed by atoms with van der Waals surface area (Å²) >= 11 is 0. The molecule has 4 nitrogen and oxygen atoms in total. The highest BCUT2D eigenvalue weighted by Crippen LogP contribution is 2.44. The van der Waals surface area contributed by atoms with E-state index in [0.717, 1.165) is 19.7 Å². The lowest BCUT2D eigenvalue weighted by Crippen LogP contribution is -2.51. The van der Waals surface area contributed by atoms with Crippen LogP contribution in [0.2, 0.25) is 0 Å². The van der Waals surface area contributed by atoms with Crippen molar-refractivity contribution in [2.45, 2.75) is 32.1 Å². The predicted molar refractivity (Wildman–Crippen MR) is 102 cm³/mol. The van der Waals surface area contributed by atoms with Gasteiger partial charge in [0.15, 0.2) is 0 Å². The summed E-state index contributed by atoms with van der Waals surface area (Å²) < 4.78 is 5.43. The second-order valence-corrected chi connectivity index (χ2v) is 7.82. The number of aliphatic hydroxyl groups is 1. The normalized spacial score (nSPS) is 24.6. The lowest BCUT2D eigenvalue weighted by Gasteiger charge is -2.50. The Kier molecular flexibility index (Phi) is 6.88. The molecule has 25 heavy (non-hydrogen) atoms. The van der Waals surface area contributed by atoms with Gasteiger partial charge in [-0.05, 0) is 55.8 Å². The average Bonchev–Trinajstić information content (AvgIpc) is 2.67. The van der Waals surface area contributed by atoms with Crippen molar-refractivity contribution < 1.29 is 9.84 Å². The molecule has 2 aliphatic rings. The third-order valence-corrected chi connectivity index (χ3v) is 6.14. The summed E-state index contributed by atoms with van der Waals surface area (Å²) in [6.07, 6.45) is 3.93. The molecule has 2 saturated heterocycles. The predicted octanol–water partition coefficient (Wildman–Crippen LogP) is 2.59. The number of benzene rings is 1. The largest absolute Gasteiger partial charge is 0.394 e. The molecule has 1 atom stereocenters. The van der Waals surface area contributed by atoms with E-state index in [1.807, 2.05) is 0 Å². The third kappa shape index (κ3) is 5.04. The lowest BCUT2D eigenvalue weighted by atomic mass is 9.68. The van der Waals surface area contributed by atoms with Crippen LogP contribution in [-0.2, 0) is 4.74 Å². The number of nitrogens with zero attached hydrogens (tertiary/aromatic N) is 2. The molecular formula is C21H34N2O2. The van der Waals surface area contributed by atoms with Crippen LogP contribution >= 0.6 is 0 Å². The minimum absolute atomic E-state index is 0.122. The monoisotopic (exact) mass is 346 g/mol. The van der Waals surface area contributed by atoms with Crippen LogP contribution in [0.4, 0.5) is 0 Å². The number of likely N-dealkylation sites (N-methyl/N-ethyl adjacent to an activating group) is 1. The fourth-order valence-electron chi connectivity index (χ4n) is 4.67.